The summed E-state index contributed by atoms with van der Waals surface area (Å²) in [5.41, 5.74) is 3.08. The number of carbonyl (C=O) groups is 1. The molecule has 5 aromatic rings. The highest BCUT2D eigenvalue weighted by Gasteiger charge is 2.20. The molecule has 174 valence electrons. The minimum Gasteiger partial charge on any atom is -0.447 e. The monoisotopic (exact) mass is 485 g/mol. The van der Waals surface area contributed by atoms with Crippen LogP contribution in [0.1, 0.15) is 21.9 Å². The van der Waals surface area contributed by atoms with E-state index in [9.17, 15) is 9.18 Å². The molecule has 0 fully saturated rings. The Morgan fingerprint density at radius 1 is 1.00 bits per heavy atom. The standard InChI is InChI=1S/C26H20FN5O2S/c1-17-11-13-19(14-12-17)28-25(33)21-15-34-23(29-21)16-35-26-31-30-24(18-7-3-2-4-8-18)32(26)22-10-6-5-9-20(22)27/h2-15H,16H2,1H3,(H,28,33). The lowest BCUT2D eigenvalue weighted by Crippen LogP contribution is -2.12. The molecule has 0 spiro atoms. The molecule has 0 radical (unpaired) electrons. The molecule has 0 aliphatic heterocycles. The SMILES string of the molecule is Cc1ccc(NC(=O)c2coc(CSc3nnc(-c4ccccc4)n3-c3ccccc3F)n2)cc1. The van der Waals surface area contributed by atoms with Gasteiger partial charge in [-0.15, -0.1) is 10.2 Å². The first kappa shape index (κ1) is 22.5. The summed E-state index contributed by atoms with van der Waals surface area (Å²) in [6.45, 7) is 1.98. The van der Waals surface area contributed by atoms with Crippen LogP contribution in [-0.2, 0) is 5.75 Å². The normalized spacial score (nSPS) is 10.9. The van der Waals surface area contributed by atoms with Gasteiger partial charge in [0.05, 0.1) is 11.4 Å². The third-order valence-corrected chi connectivity index (χ3v) is 6.09. The Kier molecular flexibility index (Phi) is 6.40. The van der Waals surface area contributed by atoms with Crippen molar-refractivity contribution < 1.29 is 13.6 Å². The second kappa shape index (κ2) is 9.94. The number of nitrogens with one attached hydrogen (secondary N) is 1. The van der Waals surface area contributed by atoms with Crippen LogP contribution in [0, 0.1) is 12.7 Å². The average molecular weight is 486 g/mol. The maximum absolute atomic E-state index is 14.7. The summed E-state index contributed by atoms with van der Waals surface area (Å²) in [6.07, 6.45) is 1.32. The minimum absolute atomic E-state index is 0.168. The topological polar surface area (TPSA) is 85.8 Å². The van der Waals surface area contributed by atoms with E-state index < -0.39 is 5.82 Å². The number of aromatic nitrogens is 4. The summed E-state index contributed by atoms with van der Waals surface area (Å²) < 4.78 is 21.9. The Balaban J connectivity index is 1.36. The van der Waals surface area contributed by atoms with Gasteiger partial charge < -0.3 is 9.73 Å². The van der Waals surface area contributed by atoms with Crippen LogP contribution in [0.2, 0.25) is 0 Å². The summed E-state index contributed by atoms with van der Waals surface area (Å²) in [4.78, 5) is 16.8. The number of rotatable bonds is 7. The van der Waals surface area contributed by atoms with Crippen LogP contribution >= 0.6 is 11.8 Å². The van der Waals surface area contributed by atoms with Crippen molar-refractivity contribution in [3.05, 3.63) is 108 Å². The van der Waals surface area contributed by atoms with Crippen LogP contribution in [0.5, 0.6) is 0 Å². The molecule has 0 atom stereocenters. The lowest BCUT2D eigenvalue weighted by Gasteiger charge is -2.10. The number of oxazole rings is 1. The van der Waals surface area contributed by atoms with Gasteiger partial charge in [-0.3, -0.25) is 9.36 Å². The number of hydrogen-bond acceptors (Lipinski definition) is 6. The molecule has 0 bridgehead atoms. The third-order valence-electron chi connectivity index (χ3n) is 5.18. The van der Waals surface area contributed by atoms with Gasteiger partial charge in [-0.2, -0.15) is 0 Å². The van der Waals surface area contributed by atoms with Gasteiger partial charge in [0.2, 0.25) is 5.89 Å². The zero-order valence-electron chi connectivity index (χ0n) is 18.7. The molecule has 0 unspecified atom stereocenters. The molecule has 2 aromatic heterocycles. The zero-order chi connectivity index (χ0) is 24.2. The summed E-state index contributed by atoms with van der Waals surface area (Å²) in [5.74, 6) is 0.378. The maximum atomic E-state index is 14.7. The van der Waals surface area contributed by atoms with Gasteiger partial charge in [0.15, 0.2) is 16.7 Å². The number of nitrogens with zero attached hydrogens (tertiary/aromatic N) is 4. The molecule has 2 heterocycles. The second-order valence-corrected chi connectivity index (χ2v) is 8.64. The number of thioether (sulfide) groups is 1. The first-order chi connectivity index (χ1) is 17.1. The number of anilines is 1. The fraction of sp³-hybridized carbons (Fsp3) is 0.0769. The van der Waals surface area contributed by atoms with E-state index in [0.29, 0.717) is 28.2 Å². The number of amides is 1. The second-order valence-electron chi connectivity index (χ2n) is 7.69. The molecule has 0 saturated carbocycles. The lowest BCUT2D eigenvalue weighted by atomic mass is 10.2. The molecule has 0 saturated heterocycles. The molecule has 0 aliphatic carbocycles. The van der Waals surface area contributed by atoms with Crippen LogP contribution in [0.25, 0.3) is 17.1 Å². The van der Waals surface area contributed by atoms with Crippen LogP contribution in [0.3, 0.4) is 0 Å². The van der Waals surface area contributed by atoms with E-state index in [1.54, 1.807) is 22.8 Å². The van der Waals surface area contributed by atoms with E-state index in [1.165, 1.54) is 24.1 Å². The summed E-state index contributed by atoms with van der Waals surface area (Å²) in [7, 11) is 0. The van der Waals surface area contributed by atoms with Crippen LogP contribution < -0.4 is 5.32 Å². The number of aryl methyl sites for hydroxylation is 1. The number of halogens is 1. The van der Waals surface area contributed by atoms with Crippen molar-refractivity contribution in [2.75, 3.05) is 5.32 Å². The molecule has 1 amide bonds. The van der Waals surface area contributed by atoms with Gasteiger partial charge in [0, 0.05) is 11.3 Å². The van der Waals surface area contributed by atoms with Gasteiger partial charge in [-0.05, 0) is 31.2 Å². The first-order valence-electron chi connectivity index (χ1n) is 10.8. The van der Waals surface area contributed by atoms with Crippen LogP contribution in [-0.4, -0.2) is 25.7 Å². The van der Waals surface area contributed by atoms with Crippen molar-refractivity contribution in [1.29, 1.82) is 0 Å². The molecule has 1 N–H and O–H groups in total. The van der Waals surface area contributed by atoms with E-state index in [1.807, 2.05) is 61.5 Å². The van der Waals surface area contributed by atoms with Gasteiger partial charge in [0.25, 0.3) is 5.91 Å². The predicted molar refractivity (Wildman–Crippen MR) is 132 cm³/mol. The molecule has 0 aliphatic rings. The number of hydrogen-bond donors (Lipinski definition) is 1. The van der Waals surface area contributed by atoms with Crippen molar-refractivity contribution in [2.45, 2.75) is 17.8 Å². The van der Waals surface area contributed by atoms with E-state index >= 15 is 0 Å². The summed E-state index contributed by atoms with van der Waals surface area (Å²) in [5, 5.41) is 11.9. The summed E-state index contributed by atoms with van der Waals surface area (Å²) in [6, 6.07) is 23.4. The quantitative estimate of drug-likeness (QED) is 0.288. The Bertz CT molecular complexity index is 1460. The largest absolute Gasteiger partial charge is 0.447 e. The lowest BCUT2D eigenvalue weighted by molar-refractivity contribution is 0.102. The van der Waals surface area contributed by atoms with Crippen LogP contribution in [0.15, 0.2) is 94.7 Å². The van der Waals surface area contributed by atoms with Gasteiger partial charge in [-0.1, -0.05) is 71.9 Å². The van der Waals surface area contributed by atoms with Crippen molar-refractivity contribution in [3.63, 3.8) is 0 Å². The van der Waals surface area contributed by atoms with Crippen LogP contribution in [0.4, 0.5) is 10.1 Å². The predicted octanol–water partition coefficient (Wildman–Crippen LogP) is 5.91. The highest BCUT2D eigenvalue weighted by Crippen LogP contribution is 2.30. The molecular weight excluding hydrogens is 465 g/mol. The zero-order valence-corrected chi connectivity index (χ0v) is 19.5. The Morgan fingerprint density at radius 3 is 2.51 bits per heavy atom. The smallest absolute Gasteiger partial charge is 0.277 e. The van der Waals surface area contributed by atoms with E-state index in [2.05, 4.69) is 20.5 Å². The fourth-order valence-electron chi connectivity index (χ4n) is 3.43. The number of carbonyl (C=O) groups excluding carboxylic acids is 1. The van der Waals surface area contributed by atoms with E-state index in [4.69, 9.17) is 4.42 Å². The third kappa shape index (κ3) is 4.99. The maximum Gasteiger partial charge on any atom is 0.277 e. The number of para-hydroxylation sites is 1. The Morgan fingerprint density at radius 2 is 1.74 bits per heavy atom. The Hall–Kier alpha value is -4.24. The van der Waals surface area contributed by atoms with Gasteiger partial charge in [-0.25, -0.2) is 9.37 Å². The fourth-order valence-corrected chi connectivity index (χ4v) is 4.23. The molecule has 7 nitrogen and oxygen atoms in total. The van der Waals surface area contributed by atoms with Crippen molar-refractivity contribution in [3.8, 4) is 17.1 Å². The number of benzene rings is 3. The highest BCUT2D eigenvalue weighted by atomic mass is 32.2. The van der Waals surface area contributed by atoms with Gasteiger partial charge >= 0.3 is 0 Å². The average Bonchev–Trinajstić information content (AvgIpc) is 3.52. The van der Waals surface area contributed by atoms with Crippen molar-refractivity contribution in [1.82, 2.24) is 19.7 Å². The first-order valence-corrected chi connectivity index (χ1v) is 11.8. The molecule has 35 heavy (non-hydrogen) atoms. The molecule has 3 aromatic carbocycles. The summed E-state index contributed by atoms with van der Waals surface area (Å²) >= 11 is 1.28. The molecule has 9 heteroatoms. The van der Waals surface area contributed by atoms with E-state index in [-0.39, 0.29) is 17.4 Å². The molecular formula is C26H20FN5O2S. The minimum atomic E-state index is -0.391. The van der Waals surface area contributed by atoms with E-state index in [0.717, 1.165) is 11.1 Å². The van der Waals surface area contributed by atoms with Gasteiger partial charge in [0.1, 0.15) is 12.1 Å². The highest BCUT2D eigenvalue weighted by molar-refractivity contribution is 7.98. The Labute approximate surface area is 205 Å². The molecule has 5 rings (SSSR count). The van der Waals surface area contributed by atoms with Crippen molar-refractivity contribution in [2.24, 2.45) is 0 Å². The van der Waals surface area contributed by atoms with Crippen molar-refractivity contribution >= 4 is 23.4 Å².